The summed E-state index contributed by atoms with van der Waals surface area (Å²) >= 11 is 12.1. The molecule has 1 aromatic carbocycles. The highest BCUT2D eigenvalue weighted by molar-refractivity contribution is 6.35. The highest BCUT2D eigenvalue weighted by Crippen LogP contribution is 2.24. The third-order valence-electron chi connectivity index (χ3n) is 4.21. The van der Waals surface area contributed by atoms with Crippen LogP contribution in [0.4, 0.5) is 0 Å². The third-order valence-corrected chi connectivity index (χ3v) is 4.80. The van der Waals surface area contributed by atoms with Gasteiger partial charge in [0.25, 0.3) is 0 Å². The van der Waals surface area contributed by atoms with Crippen LogP contribution in [0, 0.1) is 0 Å². The Kier molecular flexibility index (Phi) is 4.72. The molecule has 1 aliphatic heterocycles. The average molecular weight is 327 g/mol. The molecule has 1 amide bonds. The highest BCUT2D eigenvalue weighted by atomic mass is 35.5. The number of carbonyl (C=O) groups excluding carboxylic acids is 1. The summed E-state index contributed by atoms with van der Waals surface area (Å²) in [7, 11) is 0. The first-order valence-electron chi connectivity index (χ1n) is 7.62. The van der Waals surface area contributed by atoms with Gasteiger partial charge < -0.3 is 10.2 Å². The first kappa shape index (κ1) is 15.1. The number of halogens is 2. The van der Waals surface area contributed by atoms with Crippen LogP contribution in [0.1, 0.15) is 31.2 Å². The SMILES string of the molecule is O=C1C(NC2CC2)CCCN1CCc1ccc(Cl)cc1Cl. The van der Waals surface area contributed by atoms with Crippen molar-refractivity contribution in [1.82, 2.24) is 10.2 Å². The molecule has 3 rings (SSSR count). The van der Waals surface area contributed by atoms with Crippen LogP contribution in [0.15, 0.2) is 18.2 Å². The van der Waals surface area contributed by atoms with Gasteiger partial charge in [0.1, 0.15) is 0 Å². The predicted octanol–water partition coefficient (Wildman–Crippen LogP) is 3.28. The first-order chi connectivity index (χ1) is 10.1. The molecule has 0 spiro atoms. The minimum Gasteiger partial charge on any atom is -0.341 e. The van der Waals surface area contributed by atoms with E-state index in [0.29, 0.717) is 16.1 Å². The molecule has 5 heteroatoms. The molecule has 1 saturated carbocycles. The smallest absolute Gasteiger partial charge is 0.239 e. The van der Waals surface area contributed by atoms with Gasteiger partial charge in [-0.1, -0.05) is 29.3 Å². The van der Waals surface area contributed by atoms with Crippen LogP contribution in [0.3, 0.4) is 0 Å². The molecule has 1 atom stereocenters. The van der Waals surface area contributed by atoms with Crippen molar-refractivity contribution in [2.24, 2.45) is 0 Å². The summed E-state index contributed by atoms with van der Waals surface area (Å²) in [6, 6.07) is 6.14. The number of nitrogens with zero attached hydrogens (tertiary/aromatic N) is 1. The van der Waals surface area contributed by atoms with E-state index in [9.17, 15) is 4.79 Å². The Hall–Kier alpha value is -0.770. The van der Waals surface area contributed by atoms with Gasteiger partial charge in [-0.25, -0.2) is 0 Å². The Balaban J connectivity index is 1.57. The molecule has 3 nitrogen and oxygen atoms in total. The number of benzene rings is 1. The largest absolute Gasteiger partial charge is 0.341 e. The van der Waals surface area contributed by atoms with Gasteiger partial charge in [0.15, 0.2) is 0 Å². The molecule has 21 heavy (non-hydrogen) atoms. The molecule has 1 aromatic rings. The van der Waals surface area contributed by atoms with Crippen molar-refractivity contribution in [3.8, 4) is 0 Å². The molecule has 1 heterocycles. The second-order valence-corrected chi connectivity index (χ2v) is 6.79. The predicted molar refractivity (Wildman–Crippen MR) is 85.9 cm³/mol. The van der Waals surface area contributed by atoms with Crippen LogP contribution in [0.25, 0.3) is 0 Å². The van der Waals surface area contributed by atoms with Crippen molar-refractivity contribution in [2.45, 2.75) is 44.2 Å². The summed E-state index contributed by atoms with van der Waals surface area (Å²) in [5.74, 6) is 0.248. The zero-order valence-corrected chi connectivity index (χ0v) is 13.5. The van der Waals surface area contributed by atoms with E-state index in [2.05, 4.69) is 5.32 Å². The maximum absolute atomic E-state index is 12.5. The lowest BCUT2D eigenvalue weighted by atomic mass is 10.0. The quantitative estimate of drug-likeness (QED) is 0.900. The van der Waals surface area contributed by atoms with Gasteiger partial charge in [-0.2, -0.15) is 0 Å². The van der Waals surface area contributed by atoms with E-state index in [-0.39, 0.29) is 11.9 Å². The van der Waals surface area contributed by atoms with Crippen LogP contribution in [0.5, 0.6) is 0 Å². The lowest BCUT2D eigenvalue weighted by molar-refractivity contribution is -0.136. The van der Waals surface area contributed by atoms with E-state index >= 15 is 0 Å². The van der Waals surface area contributed by atoms with Gasteiger partial charge in [-0.3, -0.25) is 4.79 Å². The number of amides is 1. The second kappa shape index (κ2) is 6.55. The van der Waals surface area contributed by atoms with Gasteiger partial charge in [-0.15, -0.1) is 0 Å². The van der Waals surface area contributed by atoms with Crippen molar-refractivity contribution >= 4 is 29.1 Å². The maximum Gasteiger partial charge on any atom is 0.239 e. The molecule has 1 unspecified atom stereocenters. The van der Waals surface area contributed by atoms with E-state index in [0.717, 1.165) is 37.9 Å². The Morgan fingerprint density at radius 1 is 1.24 bits per heavy atom. The molecule has 2 aliphatic rings. The lowest BCUT2D eigenvalue weighted by Gasteiger charge is -2.33. The van der Waals surface area contributed by atoms with Crippen LogP contribution in [0.2, 0.25) is 10.0 Å². The zero-order chi connectivity index (χ0) is 14.8. The van der Waals surface area contributed by atoms with E-state index in [1.165, 1.54) is 12.8 Å². The summed E-state index contributed by atoms with van der Waals surface area (Å²) in [5.41, 5.74) is 1.05. The van der Waals surface area contributed by atoms with Crippen molar-refractivity contribution < 1.29 is 4.79 Å². The van der Waals surface area contributed by atoms with Crippen molar-refractivity contribution in [1.29, 1.82) is 0 Å². The number of hydrogen-bond donors (Lipinski definition) is 1. The number of nitrogens with one attached hydrogen (secondary N) is 1. The Morgan fingerprint density at radius 3 is 2.76 bits per heavy atom. The topological polar surface area (TPSA) is 32.3 Å². The lowest BCUT2D eigenvalue weighted by Crippen LogP contribution is -2.51. The third kappa shape index (κ3) is 3.91. The Morgan fingerprint density at radius 2 is 2.05 bits per heavy atom. The molecular formula is C16H20Cl2N2O. The monoisotopic (exact) mass is 326 g/mol. The summed E-state index contributed by atoms with van der Waals surface area (Å²) in [6.45, 7) is 1.58. The minimum atomic E-state index is 0.0203. The molecule has 2 fully saturated rings. The van der Waals surface area contributed by atoms with Crippen LogP contribution in [-0.2, 0) is 11.2 Å². The van der Waals surface area contributed by atoms with E-state index < -0.39 is 0 Å². The molecule has 1 aliphatic carbocycles. The van der Waals surface area contributed by atoms with Crippen LogP contribution < -0.4 is 5.32 Å². The van der Waals surface area contributed by atoms with Crippen molar-refractivity contribution in [3.05, 3.63) is 33.8 Å². The van der Waals surface area contributed by atoms with Crippen LogP contribution in [-0.4, -0.2) is 36.0 Å². The van der Waals surface area contributed by atoms with Gasteiger partial charge in [0, 0.05) is 29.2 Å². The molecule has 1 N–H and O–H groups in total. The summed E-state index contributed by atoms with van der Waals surface area (Å²) in [6.07, 6.45) is 5.24. The fourth-order valence-electron chi connectivity index (χ4n) is 2.83. The second-order valence-electron chi connectivity index (χ2n) is 5.95. The van der Waals surface area contributed by atoms with Crippen molar-refractivity contribution in [2.75, 3.05) is 13.1 Å². The number of piperidine rings is 1. The molecular weight excluding hydrogens is 307 g/mol. The van der Waals surface area contributed by atoms with E-state index in [1.807, 2.05) is 17.0 Å². The van der Waals surface area contributed by atoms with Crippen LogP contribution >= 0.6 is 23.2 Å². The molecule has 0 aromatic heterocycles. The van der Waals surface area contributed by atoms with Crippen molar-refractivity contribution in [3.63, 3.8) is 0 Å². The first-order valence-corrected chi connectivity index (χ1v) is 8.38. The standard InChI is InChI=1S/C16H20Cl2N2O/c17-12-4-3-11(14(18)10-12)7-9-20-8-1-2-15(16(20)21)19-13-5-6-13/h3-4,10,13,15,19H,1-2,5-9H2. The summed E-state index contributed by atoms with van der Waals surface area (Å²) < 4.78 is 0. The fraction of sp³-hybridized carbons (Fsp3) is 0.562. The molecule has 0 bridgehead atoms. The molecule has 1 saturated heterocycles. The number of carbonyl (C=O) groups is 1. The Bertz CT molecular complexity index is 531. The summed E-state index contributed by atoms with van der Waals surface area (Å²) in [4.78, 5) is 14.4. The van der Waals surface area contributed by atoms with E-state index in [1.54, 1.807) is 6.07 Å². The zero-order valence-electron chi connectivity index (χ0n) is 11.9. The van der Waals surface area contributed by atoms with Gasteiger partial charge >= 0.3 is 0 Å². The minimum absolute atomic E-state index is 0.0203. The van der Waals surface area contributed by atoms with Gasteiger partial charge in [-0.05, 0) is 49.8 Å². The number of hydrogen-bond acceptors (Lipinski definition) is 2. The van der Waals surface area contributed by atoms with Gasteiger partial charge in [0.2, 0.25) is 5.91 Å². The summed E-state index contributed by atoms with van der Waals surface area (Å²) in [5, 5.41) is 4.78. The van der Waals surface area contributed by atoms with E-state index in [4.69, 9.17) is 23.2 Å². The normalized spacial score (nSPS) is 22.7. The Labute approximate surface area is 135 Å². The number of rotatable bonds is 5. The molecule has 114 valence electrons. The number of likely N-dealkylation sites (tertiary alicyclic amines) is 1. The average Bonchev–Trinajstić information content (AvgIpc) is 3.25. The molecule has 0 radical (unpaired) electrons. The highest BCUT2D eigenvalue weighted by Gasteiger charge is 2.33. The fourth-order valence-corrected chi connectivity index (χ4v) is 3.33. The van der Waals surface area contributed by atoms with Gasteiger partial charge in [0.05, 0.1) is 6.04 Å². The maximum atomic E-state index is 12.5.